The summed E-state index contributed by atoms with van der Waals surface area (Å²) in [6, 6.07) is 15.0. The molecular weight excluding hydrogens is 194 g/mol. The van der Waals surface area contributed by atoms with Crippen molar-refractivity contribution in [3.8, 4) is 6.07 Å². The maximum Gasteiger partial charge on any atom is 0.0753 e. The van der Waals surface area contributed by atoms with E-state index < -0.39 is 0 Å². The van der Waals surface area contributed by atoms with Gasteiger partial charge in [0.05, 0.1) is 12.0 Å². The SMILES string of the molecule is N#CC1CC=Cc2cc3ccccc3cc21. The number of nitriles is 1. The zero-order valence-electron chi connectivity index (χ0n) is 8.85. The average molecular weight is 205 g/mol. The fraction of sp³-hybridized carbons (Fsp3) is 0.133. The molecule has 0 saturated carbocycles. The second kappa shape index (κ2) is 3.50. The molecule has 0 saturated heterocycles. The third kappa shape index (κ3) is 1.31. The van der Waals surface area contributed by atoms with Gasteiger partial charge in [-0.3, -0.25) is 0 Å². The molecule has 1 aliphatic carbocycles. The van der Waals surface area contributed by atoms with Crippen LogP contribution in [-0.4, -0.2) is 0 Å². The molecule has 0 aliphatic heterocycles. The van der Waals surface area contributed by atoms with Crippen molar-refractivity contribution in [3.63, 3.8) is 0 Å². The highest BCUT2D eigenvalue weighted by molar-refractivity contribution is 5.86. The van der Waals surface area contributed by atoms with Crippen LogP contribution in [0.25, 0.3) is 16.8 Å². The van der Waals surface area contributed by atoms with E-state index in [9.17, 15) is 0 Å². The van der Waals surface area contributed by atoms with Crippen LogP contribution in [0.3, 0.4) is 0 Å². The summed E-state index contributed by atoms with van der Waals surface area (Å²) in [5.74, 6) is 0.0182. The van der Waals surface area contributed by atoms with Crippen molar-refractivity contribution < 1.29 is 0 Å². The molecule has 1 unspecified atom stereocenters. The van der Waals surface area contributed by atoms with E-state index in [1.807, 2.05) is 12.1 Å². The van der Waals surface area contributed by atoms with E-state index >= 15 is 0 Å². The number of allylic oxidation sites excluding steroid dienone is 1. The molecule has 0 bridgehead atoms. The summed E-state index contributed by atoms with van der Waals surface area (Å²) in [5.41, 5.74) is 2.36. The molecule has 0 fully saturated rings. The first kappa shape index (κ1) is 9.18. The van der Waals surface area contributed by atoms with Crippen molar-refractivity contribution in [2.45, 2.75) is 12.3 Å². The molecule has 0 N–H and O–H groups in total. The predicted molar refractivity (Wildman–Crippen MR) is 66.0 cm³/mol. The van der Waals surface area contributed by atoms with E-state index in [1.54, 1.807) is 0 Å². The molecule has 3 rings (SSSR count). The van der Waals surface area contributed by atoms with Crippen LogP contribution in [0.2, 0.25) is 0 Å². The number of benzene rings is 2. The fourth-order valence-corrected chi connectivity index (χ4v) is 2.30. The number of nitrogens with zero attached hydrogens (tertiary/aromatic N) is 1. The van der Waals surface area contributed by atoms with Crippen molar-refractivity contribution in [3.05, 3.63) is 53.6 Å². The molecule has 0 aromatic heterocycles. The maximum atomic E-state index is 9.13. The third-order valence-corrected chi connectivity index (χ3v) is 3.15. The van der Waals surface area contributed by atoms with Gasteiger partial charge in [-0.2, -0.15) is 5.26 Å². The normalized spacial score (nSPS) is 18.1. The topological polar surface area (TPSA) is 23.8 Å². The van der Waals surface area contributed by atoms with E-state index in [1.165, 1.54) is 21.9 Å². The van der Waals surface area contributed by atoms with Crippen LogP contribution in [0.15, 0.2) is 42.5 Å². The van der Waals surface area contributed by atoms with E-state index in [2.05, 4.69) is 42.5 Å². The van der Waals surface area contributed by atoms with Crippen molar-refractivity contribution in [2.24, 2.45) is 0 Å². The van der Waals surface area contributed by atoms with Gasteiger partial charge >= 0.3 is 0 Å². The van der Waals surface area contributed by atoms with Crippen LogP contribution in [0.4, 0.5) is 0 Å². The van der Waals surface area contributed by atoms with Crippen molar-refractivity contribution in [2.75, 3.05) is 0 Å². The maximum absolute atomic E-state index is 9.13. The molecule has 0 heterocycles. The first-order chi connectivity index (χ1) is 7.88. The van der Waals surface area contributed by atoms with Crippen LogP contribution >= 0.6 is 0 Å². The molecule has 16 heavy (non-hydrogen) atoms. The smallest absolute Gasteiger partial charge is 0.0753 e. The lowest BCUT2D eigenvalue weighted by molar-refractivity contribution is 0.868. The standard InChI is InChI=1S/C15H11N/c16-10-14-7-3-6-13-8-11-4-1-2-5-12(11)9-15(13)14/h1-6,8-9,14H,7H2. The lowest BCUT2D eigenvalue weighted by Crippen LogP contribution is -2.01. The molecular formula is C15H11N. The zero-order valence-corrected chi connectivity index (χ0v) is 8.85. The van der Waals surface area contributed by atoms with Gasteiger partial charge in [0.1, 0.15) is 0 Å². The molecule has 0 spiro atoms. The van der Waals surface area contributed by atoms with Gasteiger partial charge in [-0.05, 0) is 40.5 Å². The van der Waals surface area contributed by atoms with E-state index in [0.29, 0.717) is 0 Å². The van der Waals surface area contributed by atoms with Gasteiger partial charge < -0.3 is 0 Å². The second-order valence-corrected chi connectivity index (χ2v) is 4.15. The van der Waals surface area contributed by atoms with Crippen LogP contribution in [0.5, 0.6) is 0 Å². The molecule has 2 aromatic rings. The van der Waals surface area contributed by atoms with Crippen LogP contribution in [0, 0.1) is 11.3 Å². The highest BCUT2D eigenvalue weighted by Crippen LogP contribution is 2.32. The van der Waals surface area contributed by atoms with Crippen molar-refractivity contribution >= 4 is 16.8 Å². The molecule has 1 aliphatic rings. The highest BCUT2D eigenvalue weighted by Gasteiger charge is 2.16. The summed E-state index contributed by atoms with van der Waals surface area (Å²) in [6.07, 6.45) is 5.04. The Balaban J connectivity index is 2.31. The molecule has 76 valence electrons. The third-order valence-electron chi connectivity index (χ3n) is 3.15. The quantitative estimate of drug-likeness (QED) is 0.640. The monoisotopic (exact) mass is 205 g/mol. The minimum atomic E-state index is 0.0182. The molecule has 2 aromatic carbocycles. The Morgan fingerprint density at radius 1 is 1.12 bits per heavy atom. The first-order valence-electron chi connectivity index (χ1n) is 5.47. The highest BCUT2D eigenvalue weighted by atomic mass is 14.3. The lowest BCUT2D eigenvalue weighted by atomic mass is 9.86. The summed E-state index contributed by atoms with van der Waals surface area (Å²) < 4.78 is 0. The summed E-state index contributed by atoms with van der Waals surface area (Å²) in [5, 5.41) is 11.6. The van der Waals surface area contributed by atoms with Crippen molar-refractivity contribution in [1.29, 1.82) is 5.26 Å². The van der Waals surface area contributed by atoms with Crippen molar-refractivity contribution in [1.82, 2.24) is 0 Å². The summed E-state index contributed by atoms with van der Waals surface area (Å²) in [6.45, 7) is 0. The van der Waals surface area contributed by atoms with Gasteiger partial charge in [0, 0.05) is 0 Å². The number of hydrogen-bond donors (Lipinski definition) is 0. The van der Waals surface area contributed by atoms with Gasteiger partial charge in [0.25, 0.3) is 0 Å². The average Bonchev–Trinajstić information content (AvgIpc) is 2.35. The van der Waals surface area contributed by atoms with Crippen LogP contribution in [0.1, 0.15) is 23.5 Å². The Labute approximate surface area is 94.6 Å². The van der Waals surface area contributed by atoms with Gasteiger partial charge in [0.15, 0.2) is 0 Å². The lowest BCUT2D eigenvalue weighted by Gasteiger charge is -2.16. The Hall–Kier alpha value is -2.07. The molecule has 1 atom stereocenters. The minimum Gasteiger partial charge on any atom is -0.198 e. The van der Waals surface area contributed by atoms with E-state index in [-0.39, 0.29) is 5.92 Å². The first-order valence-corrected chi connectivity index (χ1v) is 5.47. The Kier molecular flexibility index (Phi) is 2.01. The predicted octanol–water partition coefficient (Wildman–Crippen LogP) is 3.86. The molecule has 0 amide bonds. The Morgan fingerprint density at radius 3 is 2.62 bits per heavy atom. The Bertz CT molecular complexity index is 617. The van der Waals surface area contributed by atoms with Crippen LogP contribution < -0.4 is 0 Å². The largest absolute Gasteiger partial charge is 0.198 e. The molecule has 0 radical (unpaired) electrons. The number of fused-ring (bicyclic) bond motifs is 2. The molecule has 1 nitrogen and oxygen atoms in total. The van der Waals surface area contributed by atoms with Gasteiger partial charge in [0.2, 0.25) is 0 Å². The summed E-state index contributed by atoms with van der Waals surface area (Å²) >= 11 is 0. The number of hydrogen-bond acceptors (Lipinski definition) is 1. The van der Waals surface area contributed by atoms with Gasteiger partial charge in [-0.15, -0.1) is 0 Å². The summed E-state index contributed by atoms with van der Waals surface area (Å²) in [4.78, 5) is 0. The van der Waals surface area contributed by atoms with Gasteiger partial charge in [-0.25, -0.2) is 0 Å². The fourth-order valence-electron chi connectivity index (χ4n) is 2.30. The van der Waals surface area contributed by atoms with Crippen LogP contribution in [-0.2, 0) is 0 Å². The summed E-state index contributed by atoms with van der Waals surface area (Å²) in [7, 11) is 0. The van der Waals surface area contributed by atoms with E-state index in [4.69, 9.17) is 5.26 Å². The Morgan fingerprint density at radius 2 is 1.88 bits per heavy atom. The molecule has 1 heteroatoms. The second-order valence-electron chi connectivity index (χ2n) is 4.15. The number of rotatable bonds is 0. The van der Waals surface area contributed by atoms with Gasteiger partial charge in [-0.1, -0.05) is 36.4 Å². The zero-order chi connectivity index (χ0) is 11.0. The van der Waals surface area contributed by atoms with E-state index in [0.717, 1.165) is 6.42 Å². The minimum absolute atomic E-state index is 0.0182.